The van der Waals surface area contributed by atoms with Crippen molar-refractivity contribution in [3.63, 3.8) is 0 Å². The average molecular weight is 679 g/mol. The molecule has 1 unspecified atom stereocenters. The zero-order valence-electron chi connectivity index (χ0n) is 27.5. The minimum Gasteiger partial charge on any atom is -0.494 e. The van der Waals surface area contributed by atoms with Crippen molar-refractivity contribution in [2.75, 3.05) is 44.6 Å². The van der Waals surface area contributed by atoms with Crippen LogP contribution in [0.1, 0.15) is 12.2 Å². The van der Waals surface area contributed by atoms with Gasteiger partial charge in [0, 0.05) is 49.9 Å². The van der Waals surface area contributed by atoms with Gasteiger partial charge in [0.1, 0.15) is 41.3 Å². The predicted octanol–water partition coefficient (Wildman–Crippen LogP) is 4.74. The van der Waals surface area contributed by atoms with Gasteiger partial charge in [0.25, 0.3) is 0 Å². The molecule has 0 saturated carbocycles. The van der Waals surface area contributed by atoms with Crippen molar-refractivity contribution in [1.29, 1.82) is 0 Å². The molecule has 8 rings (SSSR count). The molecule has 4 aromatic heterocycles. The number of nitrogens with zero attached hydrogens (tertiary/aromatic N) is 9. The number of rotatable bonds is 4. The van der Waals surface area contributed by atoms with Gasteiger partial charge in [-0.3, -0.25) is 4.79 Å². The number of carbonyl (C=O) groups is 1. The summed E-state index contributed by atoms with van der Waals surface area (Å²) < 4.78 is 15.5. The predicted molar refractivity (Wildman–Crippen MR) is 188 cm³/mol. The molecule has 14 heteroatoms. The molecule has 6 heterocycles. The Labute approximate surface area is 287 Å². The number of benzene rings is 2. The van der Waals surface area contributed by atoms with Crippen molar-refractivity contribution in [2.45, 2.75) is 38.1 Å². The third-order valence-electron chi connectivity index (χ3n) is 9.48. The first-order valence-electron chi connectivity index (χ1n) is 16.1. The number of hydrogen-bond donors (Lipinski definition) is 1. The molecular weight excluding hydrogens is 644 g/mol. The zero-order chi connectivity index (χ0) is 33.8. The minimum absolute atomic E-state index is 0.0330. The highest BCUT2D eigenvalue weighted by Gasteiger charge is 2.41. The van der Waals surface area contributed by atoms with Crippen molar-refractivity contribution >= 4 is 51.2 Å². The summed E-state index contributed by atoms with van der Waals surface area (Å²) in [5.74, 6) is 2.74. The maximum Gasteiger partial charge on any atom is 0.245 e. The van der Waals surface area contributed by atoms with Crippen LogP contribution in [-0.4, -0.2) is 97.6 Å². The highest BCUT2D eigenvalue weighted by atomic mass is 35.5. The van der Waals surface area contributed by atoms with Crippen LogP contribution < -0.4 is 15.0 Å². The van der Waals surface area contributed by atoms with Crippen LogP contribution >= 0.6 is 11.6 Å². The third kappa shape index (κ3) is 5.39. The van der Waals surface area contributed by atoms with E-state index in [2.05, 4.69) is 30.9 Å². The van der Waals surface area contributed by atoms with Gasteiger partial charge in [0.15, 0.2) is 5.65 Å². The summed E-state index contributed by atoms with van der Waals surface area (Å²) in [6, 6.07) is 16.8. The van der Waals surface area contributed by atoms with Gasteiger partial charge in [-0.15, -0.1) is 0 Å². The number of anilines is 2. The van der Waals surface area contributed by atoms with Crippen LogP contribution in [0, 0.1) is 6.92 Å². The third-order valence-corrected chi connectivity index (χ3v) is 9.72. The van der Waals surface area contributed by atoms with E-state index in [-0.39, 0.29) is 18.1 Å². The van der Waals surface area contributed by atoms with Crippen LogP contribution in [0.3, 0.4) is 0 Å². The molecule has 1 fully saturated rings. The molecule has 4 bridgehead atoms. The van der Waals surface area contributed by atoms with Gasteiger partial charge in [0.2, 0.25) is 5.91 Å². The normalized spacial score (nSPS) is 19.6. The second kappa shape index (κ2) is 12.3. The number of methoxy groups -OCH3 is 2. The van der Waals surface area contributed by atoms with E-state index >= 15 is 0 Å². The molecule has 13 nitrogen and oxygen atoms in total. The topological polar surface area (TPSA) is 128 Å². The number of amides is 1. The number of pyridine rings is 1. The fourth-order valence-corrected chi connectivity index (χ4v) is 7.30. The van der Waals surface area contributed by atoms with Crippen molar-refractivity contribution in [3.8, 4) is 22.7 Å². The Morgan fingerprint density at radius 2 is 1.86 bits per heavy atom. The van der Waals surface area contributed by atoms with Gasteiger partial charge in [-0.2, -0.15) is 5.10 Å². The van der Waals surface area contributed by atoms with Crippen molar-refractivity contribution in [2.24, 2.45) is 0 Å². The lowest BCUT2D eigenvalue weighted by atomic mass is 10.1. The average Bonchev–Trinajstić information content (AvgIpc) is 3.82. The van der Waals surface area contributed by atoms with Gasteiger partial charge in [-0.05, 0) is 43.7 Å². The van der Waals surface area contributed by atoms with Crippen LogP contribution in [-0.2, 0) is 16.1 Å². The number of para-hydroxylation sites is 1. The molecule has 0 spiro atoms. The summed E-state index contributed by atoms with van der Waals surface area (Å²) in [6.45, 7) is 3.41. The summed E-state index contributed by atoms with van der Waals surface area (Å²) in [5.41, 5.74) is 4.97. The molecule has 3 atom stereocenters. The molecule has 1 amide bonds. The molecule has 49 heavy (non-hydrogen) atoms. The lowest BCUT2D eigenvalue weighted by molar-refractivity contribution is -0.132. The molecule has 1 saturated heterocycles. The van der Waals surface area contributed by atoms with E-state index < -0.39 is 6.04 Å². The SMILES string of the molecule is COc1cc(Cl)ccc1-n1ncc2c(N3C[C@@H]4C[C@H]3C(=O)N(C)CC(OC)Cn3c(C)nc5cccc(c53)-c3cccc(n3)N4)ncnc21. The highest BCUT2D eigenvalue weighted by molar-refractivity contribution is 6.30. The number of nitrogens with one attached hydrogen (secondary N) is 1. The van der Waals surface area contributed by atoms with E-state index in [0.717, 1.165) is 33.9 Å². The highest BCUT2D eigenvalue weighted by Crippen LogP contribution is 2.35. The maximum atomic E-state index is 14.4. The Morgan fingerprint density at radius 3 is 2.69 bits per heavy atom. The van der Waals surface area contributed by atoms with E-state index in [4.69, 9.17) is 36.0 Å². The smallest absolute Gasteiger partial charge is 0.245 e. The molecule has 2 aromatic carbocycles. The fraction of sp³-hybridized carbons (Fsp3) is 0.314. The van der Waals surface area contributed by atoms with E-state index in [0.29, 0.717) is 59.4 Å². The monoisotopic (exact) mass is 678 g/mol. The zero-order valence-corrected chi connectivity index (χ0v) is 28.3. The van der Waals surface area contributed by atoms with Crippen molar-refractivity contribution in [3.05, 3.63) is 78.0 Å². The number of imidazole rings is 1. The Balaban J connectivity index is 1.22. The first-order valence-corrected chi connectivity index (χ1v) is 16.5. The number of aromatic nitrogens is 7. The molecule has 0 radical (unpaired) electrons. The fourth-order valence-electron chi connectivity index (χ4n) is 7.14. The number of carbonyl (C=O) groups excluding carboxylic acids is 1. The van der Waals surface area contributed by atoms with Crippen molar-refractivity contribution in [1.82, 2.24) is 39.2 Å². The van der Waals surface area contributed by atoms with Crippen LogP contribution in [0.4, 0.5) is 11.6 Å². The molecule has 0 aliphatic carbocycles. The number of hydrogen-bond acceptors (Lipinski definition) is 10. The number of fused-ring (bicyclic) bond motifs is 6. The largest absolute Gasteiger partial charge is 0.494 e. The van der Waals surface area contributed by atoms with Crippen LogP contribution in [0.2, 0.25) is 5.02 Å². The number of ether oxygens (including phenoxy) is 2. The number of halogens is 1. The van der Waals surface area contributed by atoms with Gasteiger partial charge < -0.3 is 29.2 Å². The molecule has 2 aliphatic rings. The Morgan fingerprint density at radius 1 is 1.00 bits per heavy atom. The first-order chi connectivity index (χ1) is 23.8. The van der Waals surface area contributed by atoms with E-state index in [1.807, 2.05) is 50.4 Å². The summed E-state index contributed by atoms with van der Waals surface area (Å²) >= 11 is 6.24. The minimum atomic E-state index is -0.515. The summed E-state index contributed by atoms with van der Waals surface area (Å²) in [6.07, 6.45) is 3.49. The van der Waals surface area contributed by atoms with E-state index in [1.165, 1.54) is 6.33 Å². The maximum absolute atomic E-state index is 14.4. The summed E-state index contributed by atoms with van der Waals surface area (Å²) in [4.78, 5) is 37.5. The standard InChI is InChI=1S/C35H35ClN10O3/c1-20-40-27-9-5-7-24-26-8-6-10-31(42-26)41-22-14-29(35(47)43(2)17-23(48-3)18-44(20)32(24)27)45(16-22)33-25-15-39-46(34(25)38-19-37-33)28-12-11-21(36)13-30(28)49-4/h5-13,15,19,22-23,29H,14,16-18H2,1-4H3,(H,41,42)/t22-,23?,29-/m0/s1. The summed E-state index contributed by atoms with van der Waals surface area (Å²) in [5, 5.41) is 9.56. The first kappa shape index (κ1) is 31.0. The Kier molecular flexibility index (Phi) is 7.80. The van der Waals surface area contributed by atoms with E-state index in [1.54, 1.807) is 42.1 Å². The second-order valence-corrected chi connectivity index (χ2v) is 12.9. The van der Waals surface area contributed by atoms with E-state index in [9.17, 15) is 4.79 Å². The van der Waals surface area contributed by atoms with Crippen LogP contribution in [0.15, 0.2) is 67.1 Å². The van der Waals surface area contributed by atoms with Crippen LogP contribution in [0.5, 0.6) is 5.75 Å². The Bertz CT molecular complexity index is 2220. The number of aryl methyl sites for hydroxylation is 1. The molecule has 2 aliphatic heterocycles. The van der Waals surface area contributed by atoms with Gasteiger partial charge >= 0.3 is 0 Å². The lowest BCUT2D eigenvalue weighted by Crippen LogP contribution is -2.47. The molecule has 1 N–H and O–H groups in total. The van der Waals surface area contributed by atoms with Crippen molar-refractivity contribution < 1.29 is 14.3 Å². The second-order valence-electron chi connectivity index (χ2n) is 12.5. The van der Waals surface area contributed by atoms with Gasteiger partial charge in [-0.1, -0.05) is 29.8 Å². The van der Waals surface area contributed by atoms with Gasteiger partial charge in [0.05, 0.1) is 48.1 Å². The lowest BCUT2D eigenvalue weighted by Gasteiger charge is -2.30. The molecular formula is C35H35ClN10O3. The Hall–Kier alpha value is -5.27. The molecule has 250 valence electrons. The van der Waals surface area contributed by atoms with Gasteiger partial charge in [-0.25, -0.2) is 24.6 Å². The quantitative estimate of drug-likeness (QED) is 0.279. The summed E-state index contributed by atoms with van der Waals surface area (Å²) in [7, 11) is 5.10. The van der Waals surface area contributed by atoms with Crippen LogP contribution in [0.25, 0.3) is 39.0 Å². The number of likely N-dealkylation sites (N-methyl/N-ethyl adjacent to an activating group) is 1. The molecule has 6 aromatic rings.